The number of aliphatic hydroxyl groups is 1. The van der Waals surface area contributed by atoms with E-state index in [1.165, 1.54) is 0 Å². The molecule has 2 rings (SSSR count). The van der Waals surface area contributed by atoms with E-state index in [9.17, 15) is 5.11 Å². The Morgan fingerprint density at radius 2 is 2.16 bits per heavy atom. The summed E-state index contributed by atoms with van der Waals surface area (Å²) in [6.45, 7) is 6.02. The highest BCUT2D eigenvalue weighted by Gasteiger charge is 2.15. The molecule has 0 aromatic heterocycles. The minimum Gasteiger partial charge on any atom is -0.489 e. The summed E-state index contributed by atoms with van der Waals surface area (Å²) < 4.78 is 10.8. The second kappa shape index (κ2) is 7.10. The fourth-order valence-electron chi connectivity index (χ4n) is 2.04. The fraction of sp³-hybridized carbons (Fsp3) is 0.571. The Morgan fingerprint density at radius 1 is 1.42 bits per heavy atom. The third-order valence-corrected chi connectivity index (χ3v) is 3.39. The number of aryl methyl sites for hydroxylation is 1. The lowest BCUT2D eigenvalue weighted by Crippen LogP contribution is -2.42. The molecule has 0 amide bonds. The van der Waals surface area contributed by atoms with Crippen molar-refractivity contribution in [2.45, 2.75) is 13.0 Å². The number of morpholine rings is 1. The van der Waals surface area contributed by atoms with Gasteiger partial charge in [-0.15, -0.1) is 0 Å². The van der Waals surface area contributed by atoms with Crippen molar-refractivity contribution in [3.63, 3.8) is 0 Å². The Morgan fingerprint density at radius 3 is 2.84 bits per heavy atom. The van der Waals surface area contributed by atoms with Crippen molar-refractivity contribution in [3.05, 3.63) is 28.8 Å². The Bertz CT molecular complexity index is 408. The molecule has 4 nitrogen and oxygen atoms in total. The van der Waals surface area contributed by atoms with Crippen molar-refractivity contribution >= 4 is 11.6 Å². The fourth-order valence-corrected chi connectivity index (χ4v) is 2.33. The quantitative estimate of drug-likeness (QED) is 0.894. The topological polar surface area (TPSA) is 41.9 Å². The first-order chi connectivity index (χ1) is 9.15. The van der Waals surface area contributed by atoms with Gasteiger partial charge >= 0.3 is 0 Å². The minimum absolute atomic E-state index is 0.250. The van der Waals surface area contributed by atoms with Crippen LogP contribution in [0.2, 0.25) is 5.02 Å². The largest absolute Gasteiger partial charge is 0.489 e. The standard InChI is InChI=1S/C14H20ClNO3/c1-11-2-3-14(13(15)8-11)19-10-12(17)9-16-4-6-18-7-5-16/h2-3,8,12,17H,4-7,9-10H2,1H3/t12-/m1/s1. The molecule has 0 aliphatic carbocycles. The molecule has 0 unspecified atom stereocenters. The van der Waals surface area contributed by atoms with E-state index in [0.717, 1.165) is 31.9 Å². The average Bonchev–Trinajstić information content (AvgIpc) is 2.39. The maximum absolute atomic E-state index is 9.96. The van der Waals surface area contributed by atoms with Crippen LogP contribution < -0.4 is 4.74 Å². The van der Waals surface area contributed by atoms with Crippen LogP contribution in [0.3, 0.4) is 0 Å². The molecule has 0 saturated carbocycles. The lowest BCUT2D eigenvalue weighted by Gasteiger charge is -2.28. The Kier molecular flexibility index (Phi) is 5.45. The molecule has 1 fully saturated rings. The molecule has 5 heteroatoms. The highest BCUT2D eigenvalue weighted by atomic mass is 35.5. The summed E-state index contributed by atoms with van der Waals surface area (Å²) in [5.41, 5.74) is 1.09. The van der Waals surface area contributed by atoms with Crippen LogP contribution in [0.15, 0.2) is 18.2 Å². The molecule has 1 aliphatic heterocycles. The van der Waals surface area contributed by atoms with Crippen LogP contribution in [0, 0.1) is 6.92 Å². The lowest BCUT2D eigenvalue weighted by molar-refractivity contribution is 0.00466. The first-order valence-electron chi connectivity index (χ1n) is 6.52. The van der Waals surface area contributed by atoms with Crippen LogP contribution in [0.1, 0.15) is 5.56 Å². The number of halogens is 1. The van der Waals surface area contributed by atoms with E-state index in [-0.39, 0.29) is 6.61 Å². The zero-order chi connectivity index (χ0) is 13.7. The molecule has 0 bridgehead atoms. The van der Waals surface area contributed by atoms with Crippen LogP contribution >= 0.6 is 11.6 Å². The molecule has 1 saturated heterocycles. The lowest BCUT2D eigenvalue weighted by atomic mass is 10.2. The Balaban J connectivity index is 1.77. The summed E-state index contributed by atoms with van der Waals surface area (Å²) in [4.78, 5) is 2.17. The van der Waals surface area contributed by atoms with Gasteiger partial charge in [-0.3, -0.25) is 4.90 Å². The summed E-state index contributed by atoms with van der Waals surface area (Å²) in [5, 5.41) is 10.5. The number of hydrogen-bond donors (Lipinski definition) is 1. The molecular formula is C14H20ClNO3. The van der Waals surface area contributed by atoms with E-state index in [1.807, 2.05) is 25.1 Å². The highest BCUT2D eigenvalue weighted by Crippen LogP contribution is 2.25. The van der Waals surface area contributed by atoms with E-state index < -0.39 is 6.10 Å². The van der Waals surface area contributed by atoms with Gasteiger partial charge in [0.25, 0.3) is 0 Å². The van der Waals surface area contributed by atoms with E-state index in [1.54, 1.807) is 0 Å². The smallest absolute Gasteiger partial charge is 0.138 e. The summed E-state index contributed by atoms with van der Waals surface area (Å²) in [6, 6.07) is 5.62. The van der Waals surface area contributed by atoms with E-state index >= 15 is 0 Å². The van der Waals surface area contributed by atoms with Crippen LogP contribution in [0.5, 0.6) is 5.75 Å². The first-order valence-corrected chi connectivity index (χ1v) is 6.90. The summed E-state index contributed by atoms with van der Waals surface area (Å²) in [5.74, 6) is 0.619. The molecule has 1 aromatic carbocycles. The molecule has 0 spiro atoms. The van der Waals surface area contributed by atoms with Crippen molar-refractivity contribution in [2.75, 3.05) is 39.5 Å². The minimum atomic E-state index is -0.518. The molecule has 1 aromatic rings. The van der Waals surface area contributed by atoms with E-state index in [4.69, 9.17) is 21.1 Å². The van der Waals surface area contributed by atoms with Gasteiger partial charge in [-0.2, -0.15) is 0 Å². The van der Waals surface area contributed by atoms with E-state index in [2.05, 4.69) is 4.90 Å². The zero-order valence-corrected chi connectivity index (χ0v) is 11.9. The molecular weight excluding hydrogens is 266 g/mol. The van der Waals surface area contributed by atoms with Gasteiger partial charge in [0.05, 0.1) is 18.2 Å². The van der Waals surface area contributed by atoms with Crippen LogP contribution in [-0.2, 0) is 4.74 Å². The summed E-state index contributed by atoms with van der Waals surface area (Å²) in [7, 11) is 0. The van der Waals surface area contributed by atoms with E-state index in [0.29, 0.717) is 17.3 Å². The number of ether oxygens (including phenoxy) is 2. The predicted octanol–water partition coefficient (Wildman–Crippen LogP) is 1.72. The first kappa shape index (κ1) is 14.6. The van der Waals surface area contributed by atoms with Crippen LogP contribution in [0.25, 0.3) is 0 Å². The van der Waals surface area contributed by atoms with Gasteiger partial charge in [0, 0.05) is 19.6 Å². The normalized spacial score (nSPS) is 18.3. The third kappa shape index (κ3) is 4.66. The Labute approximate surface area is 118 Å². The molecule has 106 valence electrons. The molecule has 0 radical (unpaired) electrons. The maximum Gasteiger partial charge on any atom is 0.138 e. The Hall–Kier alpha value is -0.810. The van der Waals surface area contributed by atoms with Crippen molar-refractivity contribution in [2.24, 2.45) is 0 Å². The predicted molar refractivity (Wildman–Crippen MR) is 74.9 cm³/mol. The van der Waals surface area contributed by atoms with Gasteiger partial charge in [-0.05, 0) is 24.6 Å². The maximum atomic E-state index is 9.96. The number of aliphatic hydroxyl groups excluding tert-OH is 1. The third-order valence-electron chi connectivity index (χ3n) is 3.09. The summed E-state index contributed by atoms with van der Waals surface area (Å²) in [6.07, 6.45) is -0.518. The van der Waals surface area contributed by atoms with Gasteiger partial charge < -0.3 is 14.6 Å². The molecule has 19 heavy (non-hydrogen) atoms. The van der Waals surface area contributed by atoms with Gasteiger partial charge in [-0.1, -0.05) is 17.7 Å². The second-order valence-corrected chi connectivity index (χ2v) is 5.22. The number of benzene rings is 1. The van der Waals surface area contributed by atoms with Crippen molar-refractivity contribution in [3.8, 4) is 5.75 Å². The highest BCUT2D eigenvalue weighted by molar-refractivity contribution is 6.32. The van der Waals surface area contributed by atoms with Gasteiger partial charge in [0.15, 0.2) is 0 Å². The zero-order valence-electron chi connectivity index (χ0n) is 11.1. The second-order valence-electron chi connectivity index (χ2n) is 4.81. The number of rotatable bonds is 5. The van der Waals surface area contributed by atoms with Gasteiger partial charge in [0.2, 0.25) is 0 Å². The summed E-state index contributed by atoms with van der Waals surface area (Å²) >= 11 is 6.07. The van der Waals surface area contributed by atoms with Crippen molar-refractivity contribution in [1.29, 1.82) is 0 Å². The SMILES string of the molecule is Cc1ccc(OC[C@H](O)CN2CCOCC2)c(Cl)c1. The number of nitrogens with zero attached hydrogens (tertiary/aromatic N) is 1. The van der Waals surface area contributed by atoms with Crippen LogP contribution in [0.4, 0.5) is 0 Å². The van der Waals surface area contributed by atoms with Gasteiger partial charge in [-0.25, -0.2) is 0 Å². The average molecular weight is 286 g/mol. The van der Waals surface area contributed by atoms with Crippen LogP contribution in [-0.4, -0.2) is 55.6 Å². The molecule has 1 heterocycles. The number of hydrogen-bond acceptors (Lipinski definition) is 4. The van der Waals surface area contributed by atoms with Crippen molar-refractivity contribution in [1.82, 2.24) is 4.90 Å². The number of β-amino-alcohol motifs (C(OH)–C–C–N with tert-alkyl or cyclic N) is 1. The van der Waals surface area contributed by atoms with Crippen molar-refractivity contribution < 1.29 is 14.6 Å². The molecule has 1 aliphatic rings. The monoisotopic (exact) mass is 285 g/mol. The molecule has 1 atom stereocenters. The van der Waals surface area contributed by atoms with Gasteiger partial charge in [0.1, 0.15) is 18.5 Å². The molecule has 1 N–H and O–H groups in total.